The number of phosphoric acid groups is 1. The van der Waals surface area contributed by atoms with Crippen molar-refractivity contribution in [3.8, 4) is 0 Å². The molecule has 0 aliphatic carbocycles. The maximum absolute atomic E-state index is 9.83. The minimum atomic E-state index is -4.35. The van der Waals surface area contributed by atoms with Gasteiger partial charge in [0.15, 0.2) is 0 Å². The van der Waals surface area contributed by atoms with Crippen LogP contribution in [0.25, 0.3) is 0 Å². The Kier molecular flexibility index (Phi) is 6.70. The second-order valence-electron chi connectivity index (χ2n) is 2.16. The van der Waals surface area contributed by atoms with Crippen LogP contribution in [0.15, 0.2) is 30.6 Å². The van der Waals surface area contributed by atoms with Crippen LogP contribution in [0.3, 0.4) is 0 Å². The molecule has 1 aromatic rings. The lowest BCUT2D eigenvalue weighted by molar-refractivity contribution is 0.187. The van der Waals surface area contributed by atoms with Crippen molar-refractivity contribution in [2.24, 2.45) is 0 Å². The molecule has 0 radical (unpaired) electrons. The average molecular weight is 240 g/mol. The lowest BCUT2D eigenvalue weighted by Gasteiger charge is -2.04. The minimum Gasteiger partial charge on any atom is -0.303 e. The second kappa shape index (κ2) is 6.92. The molecule has 2 N–H and O–H groups in total. The van der Waals surface area contributed by atoms with Gasteiger partial charge in [-0.25, -0.2) is 4.57 Å². The Morgan fingerprint density at radius 2 is 1.86 bits per heavy atom. The summed E-state index contributed by atoms with van der Waals surface area (Å²) in [4.78, 5) is 19.8. The highest BCUT2D eigenvalue weighted by Gasteiger charge is 2.16. The molecule has 0 amide bonds. The van der Waals surface area contributed by atoms with Gasteiger partial charge in [-0.05, 0) is 19.1 Å². The van der Waals surface area contributed by atoms with Crippen molar-refractivity contribution in [2.75, 3.05) is 0 Å². The molecule has 1 atom stereocenters. The first-order valence-electron chi connectivity index (χ1n) is 3.65. The molecule has 0 spiro atoms. The molecule has 0 aliphatic heterocycles. The van der Waals surface area contributed by atoms with Crippen LogP contribution in [0.4, 0.5) is 0 Å². The van der Waals surface area contributed by atoms with Crippen molar-refractivity contribution in [3.05, 3.63) is 30.6 Å². The van der Waals surface area contributed by atoms with Crippen LogP contribution in [0.5, 0.6) is 0 Å². The van der Waals surface area contributed by atoms with Gasteiger partial charge in [-0.2, -0.15) is 0 Å². The topological polar surface area (TPSA) is 79.7 Å². The summed E-state index contributed by atoms with van der Waals surface area (Å²) in [6.07, 6.45) is 3.50. The van der Waals surface area contributed by atoms with Crippen LogP contribution in [-0.2, 0) is 9.09 Å². The molecular formula is C7H11ClNO4P. The average Bonchev–Trinajstić information content (AvgIpc) is 2.03. The zero-order valence-corrected chi connectivity index (χ0v) is 9.10. The smallest absolute Gasteiger partial charge is 0.303 e. The zero-order chi connectivity index (χ0) is 11.0. The summed E-state index contributed by atoms with van der Waals surface area (Å²) < 4.78 is 13.7. The summed E-state index contributed by atoms with van der Waals surface area (Å²) in [7, 11) is -4.35. The van der Waals surface area contributed by atoms with Crippen molar-refractivity contribution in [1.29, 1.82) is 0 Å². The number of halogens is 1. The van der Waals surface area contributed by atoms with Gasteiger partial charge in [0.2, 0.25) is 0 Å². The van der Waals surface area contributed by atoms with Gasteiger partial charge in [0.05, 0.1) is 0 Å². The molecule has 0 fully saturated rings. The molecule has 1 aromatic heterocycles. The van der Waals surface area contributed by atoms with E-state index in [1.54, 1.807) is 12.4 Å². The normalized spacial score (nSPS) is 12.6. The number of rotatable bonds is 2. The molecule has 1 heterocycles. The van der Waals surface area contributed by atoms with Gasteiger partial charge >= 0.3 is 7.82 Å². The second-order valence-corrected chi connectivity index (χ2v) is 3.97. The first-order chi connectivity index (χ1) is 6.42. The van der Waals surface area contributed by atoms with E-state index in [0.717, 1.165) is 0 Å². The summed E-state index contributed by atoms with van der Waals surface area (Å²) in [5.74, 6) is 0. The maximum atomic E-state index is 9.83. The molecule has 0 aliphatic rings. The van der Waals surface area contributed by atoms with E-state index in [4.69, 9.17) is 21.4 Å². The third-order valence-corrected chi connectivity index (χ3v) is 1.65. The van der Waals surface area contributed by atoms with Crippen LogP contribution in [0.1, 0.15) is 6.92 Å². The fraction of sp³-hybridized carbons (Fsp3) is 0.286. The quantitative estimate of drug-likeness (QED) is 0.607. The van der Waals surface area contributed by atoms with Crippen molar-refractivity contribution in [3.63, 3.8) is 0 Å². The predicted octanol–water partition coefficient (Wildman–Crippen LogP) is 1.76. The highest BCUT2D eigenvalue weighted by Crippen LogP contribution is 2.38. The number of alkyl halides is 1. The van der Waals surface area contributed by atoms with Crippen molar-refractivity contribution >= 4 is 19.4 Å². The lowest BCUT2D eigenvalue weighted by atomic mass is 10.5. The molecule has 0 saturated heterocycles. The van der Waals surface area contributed by atoms with Crippen LogP contribution < -0.4 is 0 Å². The largest absolute Gasteiger partial charge is 0.471 e. The Labute approximate surface area is 86.9 Å². The fourth-order valence-electron chi connectivity index (χ4n) is 0.502. The molecule has 14 heavy (non-hydrogen) atoms. The van der Waals surface area contributed by atoms with E-state index < -0.39 is 13.4 Å². The van der Waals surface area contributed by atoms with E-state index in [1.807, 2.05) is 18.2 Å². The Morgan fingerprint density at radius 1 is 1.36 bits per heavy atom. The van der Waals surface area contributed by atoms with Crippen molar-refractivity contribution < 1.29 is 18.9 Å². The van der Waals surface area contributed by atoms with Gasteiger partial charge in [-0.1, -0.05) is 17.7 Å². The standard InChI is InChI=1S/C5H5N.C2H6ClO4P/c1-2-4-6-5-3-1;1-2(3)7-8(4,5)6/h1-5H;2H,1H3,(H2,4,5,6). The predicted molar refractivity (Wildman–Crippen MR) is 52.7 cm³/mol. The van der Waals surface area contributed by atoms with Gasteiger partial charge in [0.25, 0.3) is 0 Å². The van der Waals surface area contributed by atoms with Crippen molar-refractivity contribution in [1.82, 2.24) is 4.98 Å². The first-order valence-corrected chi connectivity index (χ1v) is 5.61. The number of hydrogen-bond donors (Lipinski definition) is 2. The Balaban J connectivity index is 0.000000249. The number of aromatic nitrogens is 1. The highest BCUT2D eigenvalue weighted by atomic mass is 35.5. The third kappa shape index (κ3) is 11.6. The zero-order valence-electron chi connectivity index (χ0n) is 7.45. The monoisotopic (exact) mass is 239 g/mol. The van der Waals surface area contributed by atoms with E-state index >= 15 is 0 Å². The van der Waals surface area contributed by atoms with Gasteiger partial charge in [-0.3, -0.25) is 9.51 Å². The van der Waals surface area contributed by atoms with Crippen LogP contribution in [-0.4, -0.2) is 20.3 Å². The van der Waals surface area contributed by atoms with E-state index in [9.17, 15) is 4.57 Å². The Hall–Kier alpha value is -0.450. The molecular weight excluding hydrogens is 229 g/mol. The molecule has 0 bridgehead atoms. The van der Waals surface area contributed by atoms with E-state index in [-0.39, 0.29) is 0 Å². The maximum Gasteiger partial charge on any atom is 0.471 e. The summed E-state index contributed by atoms with van der Waals surface area (Å²) in [5.41, 5.74) is -0.948. The molecule has 1 rings (SSSR count). The van der Waals surface area contributed by atoms with E-state index in [0.29, 0.717) is 0 Å². The molecule has 80 valence electrons. The van der Waals surface area contributed by atoms with Crippen molar-refractivity contribution in [2.45, 2.75) is 12.5 Å². The Morgan fingerprint density at radius 3 is 1.93 bits per heavy atom. The molecule has 0 saturated carbocycles. The Bertz CT molecular complexity index is 250. The fourth-order valence-corrected chi connectivity index (χ4v) is 1.19. The number of phosphoric ester groups is 1. The number of hydrogen-bond acceptors (Lipinski definition) is 3. The van der Waals surface area contributed by atoms with Crippen LogP contribution >= 0.6 is 19.4 Å². The van der Waals surface area contributed by atoms with E-state index in [1.165, 1.54) is 6.92 Å². The number of pyridine rings is 1. The molecule has 1 unspecified atom stereocenters. The summed E-state index contributed by atoms with van der Waals surface area (Å²) >= 11 is 5.05. The van der Waals surface area contributed by atoms with Gasteiger partial charge in [0.1, 0.15) is 5.56 Å². The molecule has 7 heteroatoms. The molecule has 0 aromatic carbocycles. The van der Waals surface area contributed by atoms with Gasteiger partial charge in [0, 0.05) is 12.4 Å². The first kappa shape index (κ1) is 13.5. The van der Waals surface area contributed by atoms with Gasteiger partial charge < -0.3 is 9.79 Å². The SMILES string of the molecule is CC(Cl)OP(=O)(O)O.c1ccncc1. The van der Waals surface area contributed by atoms with Gasteiger partial charge in [-0.15, -0.1) is 0 Å². The number of nitrogens with zero attached hydrogens (tertiary/aromatic N) is 1. The third-order valence-electron chi connectivity index (χ3n) is 0.849. The minimum absolute atomic E-state index is 0.948. The lowest BCUT2D eigenvalue weighted by Crippen LogP contribution is -1.95. The summed E-state index contributed by atoms with van der Waals surface area (Å²) in [6.45, 7) is 1.32. The summed E-state index contributed by atoms with van der Waals surface area (Å²) in [6, 6.07) is 5.72. The van der Waals surface area contributed by atoms with E-state index in [2.05, 4.69) is 9.51 Å². The summed E-state index contributed by atoms with van der Waals surface area (Å²) in [5, 5.41) is 0. The van der Waals surface area contributed by atoms with Crippen LogP contribution in [0, 0.1) is 0 Å². The van der Waals surface area contributed by atoms with Crippen LogP contribution in [0.2, 0.25) is 0 Å². The molecule has 5 nitrogen and oxygen atoms in total. The highest BCUT2D eigenvalue weighted by molar-refractivity contribution is 7.46.